The number of methoxy groups -OCH3 is 1. The van der Waals surface area contributed by atoms with Gasteiger partial charge < -0.3 is 9.47 Å². The van der Waals surface area contributed by atoms with Crippen LogP contribution in [0.15, 0.2) is 57.5 Å². The Morgan fingerprint density at radius 3 is 2.38 bits per heavy atom. The zero-order valence-corrected chi connectivity index (χ0v) is 14.3. The molecule has 2 rings (SSSR count). The maximum absolute atomic E-state index is 11.8. The van der Waals surface area contributed by atoms with Crippen LogP contribution in [0.3, 0.4) is 0 Å². The summed E-state index contributed by atoms with van der Waals surface area (Å²) in [5.74, 6) is 0.735. The highest BCUT2D eigenvalue weighted by Gasteiger charge is 2.03. The van der Waals surface area contributed by atoms with Gasteiger partial charge in [-0.05, 0) is 48.5 Å². The van der Waals surface area contributed by atoms with E-state index in [-0.39, 0.29) is 0 Å². The maximum atomic E-state index is 11.8. The average molecular weight is 412 g/mol. The van der Waals surface area contributed by atoms with Crippen molar-refractivity contribution in [3.05, 3.63) is 63.0 Å². The minimum absolute atomic E-state index is 0.445. The molecule has 0 aliphatic heterocycles. The van der Waals surface area contributed by atoms with E-state index in [0.29, 0.717) is 11.5 Å². The van der Waals surface area contributed by atoms with Crippen LogP contribution in [0.1, 0.15) is 5.56 Å². The van der Waals surface area contributed by atoms with Gasteiger partial charge in [0.1, 0.15) is 11.5 Å². The van der Waals surface area contributed by atoms with Crippen molar-refractivity contribution >= 4 is 43.9 Å². The molecule has 0 N–H and O–H groups in total. The number of hydrogen-bond acceptors (Lipinski definition) is 3. The first-order valence-corrected chi connectivity index (χ1v) is 7.66. The van der Waals surface area contributed by atoms with Crippen LogP contribution in [0.5, 0.6) is 11.5 Å². The topological polar surface area (TPSA) is 35.5 Å². The predicted molar refractivity (Wildman–Crippen MR) is 89.5 cm³/mol. The SMILES string of the molecule is COc1ccc(Br)cc1/C=C/C(=O)Oc1ccc(Br)cc1. The molecule has 0 unspecified atom stereocenters. The number of benzene rings is 2. The van der Waals surface area contributed by atoms with E-state index in [2.05, 4.69) is 31.9 Å². The van der Waals surface area contributed by atoms with E-state index in [1.165, 1.54) is 6.08 Å². The van der Waals surface area contributed by atoms with Gasteiger partial charge in [0.15, 0.2) is 0 Å². The smallest absolute Gasteiger partial charge is 0.336 e. The summed E-state index contributed by atoms with van der Waals surface area (Å²) in [4.78, 5) is 11.8. The molecule has 0 bridgehead atoms. The second kappa shape index (κ2) is 7.43. The fraction of sp³-hybridized carbons (Fsp3) is 0.0625. The zero-order chi connectivity index (χ0) is 15.2. The van der Waals surface area contributed by atoms with Crippen molar-refractivity contribution in [2.75, 3.05) is 7.11 Å². The molecule has 0 amide bonds. The standard InChI is InChI=1S/C16H12Br2O3/c1-20-15-8-5-13(18)10-11(15)2-9-16(19)21-14-6-3-12(17)4-7-14/h2-10H,1H3/b9-2+. The summed E-state index contributed by atoms with van der Waals surface area (Å²) in [5, 5.41) is 0. The summed E-state index contributed by atoms with van der Waals surface area (Å²) in [6.45, 7) is 0. The third kappa shape index (κ3) is 4.72. The molecule has 5 heteroatoms. The Morgan fingerprint density at radius 1 is 1.05 bits per heavy atom. The van der Waals surface area contributed by atoms with E-state index in [4.69, 9.17) is 9.47 Å². The van der Waals surface area contributed by atoms with Crippen LogP contribution in [-0.4, -0.2) is 13.1 Å². The van der Waals surface area contributed by atoms with Gasteiger partial charge in [0.2, 0.25) is 0 Å². The van der Waals surface area contributed by atoms with E-state index in [0.717, 1.165) is 14.5 Å². The molecule has 0 spiro atoms. The molecule has 3 nitrogen and oxygen atoms in total. The second-order valence-electron chi connectivity index (χ2n) is 4.09. The van der Waals surface area contributed by atoms with Crippen molar-refractivity contribution < 1.29 is 14.3 Å². The lowest BCUT2D eigenvalue weighted by molar-refractivity contribution is -0.128. The van der Waals surface area contributed by atoms with Gasteiger partial charge in [-0.25, -0.2) is 4.79 Å². The highest BCUT2D eigenvalue weighted by atomic mass is 79.9. The quantitative estimate of drug-likeness (QED) is 0.410. The molecule has 2 aromatic rings. The number of ether oxygens (including phenoxy) is 2. The van der Waals surface area contributed by atoms with Crippen LogP contribution >= 0.6 is 31.9 Å². The first-order valence-electron chi connectivity index (χ1n) is 6.07. The molecule has 0 saturated carbocycles. The van der Waals surface area contributed by atoms with Crippen LogP contribution in [0.4, 0.5) is 0 Å². The minimum atomic E-state index is -0.445. The summed E-state index contributed by atoms with van der Waals surface area (Å²) in [6.07, 6.45) is 3.02. The molecule has 0 heterocycles. The Balaban J connectivity index is 2.08. The fourth-order valence-corrected chi connectivity index (χ4v) is 2.29. The van der Waals surface area contributed by atoms with Crippen LogP contribution in [-0.2, 0) is 4.79 Å². The van der Waals surface area contributed by atoms with Gasteiger partial charge in [0.05, 0.1) is 7.11 Å². The summed E-state index contributed by atoms with van der Waals surface area (Å²) in [7, 11) is 1.58. The Labute approximate surface area is 139 Å². The molecule has 0 saturated heterocycles. The molecule has 0 fully saturated rings. The molecule has 0 atom stereocenters. The van der Waals surface area contributed by atoms with Gasteiger partial charge in [0.25, 0.3) is 0 Å². The van der Waals surface area contributed by atoms with Crippen molar-refractivity contribution in [3.63, 3.8) is 0 Å². The van der Waals surface area contributed by atoms with Gasteiger partial charge >= 0.3 is 5.97 Å². The Bertz CT molecular complexity index is 664. The van der Waals surface area contributed by atoms with E-state index < -0.39 is 5.97 Å². The molecule has 21 heavy (non-hydrogen) atoms. The zero-order valence-electron chi connectivity index (χ0n) is 11.2. The van der Waals surface area contributed by atoms with Crippen molar-refractivity contribution in [2.24, 2.45) is 0 Å². The van der Waals surface area contributed by atoms with Crippen LogP contribution < -0.4 is 9.47 Å². The molecule has 0 aliphatic carbocycles. The highest BCUT2D eigenvalue weighted by Crippen LogP contribution is 2.24. The number of hydrogen-bond donors (Lipinski definition) is 0. The van der Waals surface area contributed by atoms with E-state index in [9.17, 15) is 4.79 Å². The minimum Gasteiger partial charge on any atom is -0.496 e. The van der Waals surface area contributed by atoms with E-state index in [1.54, 1.807) is 25.3 Å². The molecular weight excluding hydrogens is 400 g/mol. The van der Waals surface area contributed by atoms with Gasteiger partial charge in [-0.1, -0.05) is 31.9 Å². The Kier molecular flexibility index (Phi) is 5.59. The number of esters is 1. The van der Waals surface area contributed by atoms with Gasteiger partial charge in [0, 0.05) is 20.6 Å². The molecule has 108 valence electrons. The number of carbonyl (C=O) groups is 1. The molecular formula is C16H12Br2O3. The summed E-state index contributed by atoms with van der Waals surface area (Å²) in [6, 6.07) is 12.6. The first kappa shape index (κ1) is 15.8. The summed E-state index contributed by atoms with van der Waals surface area (Å²) >= 11 is 6.71. The number of rotatable bonds is 4. The van der Waals surface area contributed by atoms with Gasteiger partial charge in [-0.15, -0.1) is 0 Å². The lowest BCUT2D eigenvalue weighted by atomic mass is 10.2. The van der Waals surface area contributed by atoms with Crippen LogP contribution in [0.2, 0.25) is 0 Å². The average Bonchev–Trinajstić information content (AvgIpc) is 2.48. The van der Waals surface area contributed by atoms with Crippen molar-refractivity contribution in [2.45, 2.75) is 0 Å². The lowest BCUT2D eigenvalue weighted by Crippen LogP contribution is -2.03. The van der Waals surface area contributed by atoms with Gasteiger partial charge in [-0.3, -0.25) is 0 Å². The molecule has 2 aromatic carbocycles. The fourth-order valence-electron chi connectivity index (χ4n) is 1.65. The number of halogens is 2. The largest absolute Gasteiger partial charge is 0.496 e. The summed E-state index contributed by atoms with van der Waals surface area (Å²) in [5.41, 5.74) is 0.791. The molecule has 0 aromatic heterocycles. The third-order valence-electron chi connectivity index (χ3n) is 2.62. The van der Waals surface area contributed by atoms with Crippen LogP contribution in [0.25, 0.3) is 6.08 Å². The highest BCUT2D eigenvalue weighted by molar-refractivity contribution is 9.10. The van der Waals surface area contributed by atoms with Crippen molar-refractivity contribution in [1.29, 1.82) is 0 Å². The Hall–Kier alpha value is -1.59. The monoisotopic (exact) mass is 410 g/mol. The summed E-state index contributed by atoms with van der Waals surface area (Å²) < 4.78 is 12.3. The Morgan fingerprint density at radius 2 is 1.71 bits per heavy atom. The lowest BCUT2D eigenvalue weighted by Gasteiger charge is -2.05. The first-order chi connectivity index (χ1) is 10.1. The van der Waals surface area contributed by atoms with Crippen LogP contribution in [0, 0.1) is 0 Å². The van der Waals surface area contributed by atoms with Gasteiger partial charge in [-0.2, -0.15) is 0 Å². The molecule has 0 radical (unpaired) electrons. The normalized spacial score (nSPS) is 10.6. The predicted octanol–water partition coefficient (Wildman–Crippen LogP) is 4.84. The van der Waals surface area contributed by atoms with E-state index in [1.807, 2.05) is 30.3 Å². The van der Waals surface area contributed by atoms with E-state index >= 15 is 0 Å². The number of carbonyl (C=O) groups excluding carboxylic acids is 1. The second-order valence-corrected chi connectivity index (χ2v) is 5.93. The maximum Gasteiger partial charge on any atom is 0.336 e. The third-order valence-corrected chi connectivity index (χ3v) is 3.64. The molecule has 0 aliphatic rings. The van der Waals surface area contributed by atoms with Crippen molar-refractivity contribution in [3.8, 4) is 11.5 Å². The van der Waals surface area contributed by atoms with Crippen molar-refractivity contribution in [1.82, 2.24) is 0 Å².